The summed E-state index contributed by atoms with van der Waals surface area (Å²) in [4.78, 5) is 38.5. The lowest BCUT2D eigenvalue weighted by molar-refractivity contribution is 0.0343. The molecule has 1 aliphatic rings. The molecule has 0 radical (unpaired) electrons. The van der Waals surface area contributed by atoms with Gasteiger partial charge < -0.3 is 20.1 Å². The highest BCUT2D eigenvalue weighted by Crippen LogP contribution is 2.35. The number of likely N-dealkylation sites (N-methyl/N-ethyl adjacent to an activating group) is 1. The fourth-order valence-electron chi connectivity index (χ4n) is 4.43. The van der Waals surface area contributed by atoms with Crippen molar-refractivity contribution >= 4 is 17.5 Å². The molecule has 1 aromatic carbocycles. The predicted octanol–water partition coefficient (Wildman–Crippen LogP) is 3.08. The number of pyridine rings is 2. The lowest BCUT2D eigenvalue weighted by atomic mass is 9.98. The highest BCUT2D eigenvalue weighted by molar-refractivity contribution is 6.07. The zero-order valence-electron chi connectivity index (χ0n) is 21.4. The Morgan fingerprint density at radius 2 is 1.84 bits per heavy atom. The van der Waals surface area contributed by atoms with Crippen LogP contribution in [-0.2, 0) is 6.54 Å². The van der Waals surface area contributed by atoms with Crippen LogP contribution in [0, 0.1) is 5.92 Å². The zero-order chi connectivity index (χ0) is 26.4. The predicted molar refractivity (Wildman–Crippen MR) is 140 cm³/mol. The van der Waals surface area contributed by atoms with E-state index in [4.69, 9.17) is 4.74 Å². The molecule has 0 fully saturated rings. The maximum atomic E-state index is 13.6. The average Bonchev–Trinajstić information content (AvgIpc) is 2.91. The Morgan fingerprint density at radius 1 is 1.16 bits per heavy atom. The van der Waals surface area contributed by atoms with Crippen LogP contribution in [0.1, 0.15) is 40.1 Å². The summed E-state index contributed by atoms with van der Waals surface area (Å²) in [6.45, 7) is 5.44. The maximum absolute atomic E-state index is 13.6. The van der Waals surface area contributed by atoms with Gasteiger partial charge in [0.15, 0.2) is 5.75 Å². The van der Waals surface area contributed by atoms with Crippen LogP contribution in [-0.4, -0.2) is 75.6 Å². The second-order valence-electron chi connectivity index (χ2n) is 9.55. The van der Waals surface area contributed by atoms with Gasteiger partial charge in [0.1, 0.15) is 6.10 Å². The van der Waals surface area contributed by atoms with E-state index in [1.165, 1.54) is 0 Å². The van der Waals surface area contributed by atoms with Crippen LogP contribution >= 0.6 is 0 Å². The van der Waals surface area contributed by atoms with Gasteiger partial charge >= 0.3 is 0 Å². The number of nitrogens with zero attached hydrogens (tertiary/aromatic N) is 4. The van der Waals surface area contributed by atoms with Gasteiger partial charge in [-0.2, -0.15) is 0 Å². The van der Waals surface area contributed by atoms with E-state index in [2.05, 4.69) is 20.2 Å². The molecule has 3 atom stereocenters. The molecule has 0 bridgehead atoms. The molecule has 1 aliphatic heterocycles. The Bertz CT molecular complexity index is 1210. The largest absolute Gasteiger partial charge is 0.486 e. The number of anilines is 1. The number of hydrogen-bond donors (Lipinski definition) is 2. The molecule has 2 amide bonds. The van der Waals surface area contributed by atoms with Gasteiger partial charge in [-0.05, 0) is 55.9 Å². The van der Waals surface area contributed by atoms with E-state index >= 15 is 0 Å². The number of ether oxygens (including phenoxy) is 1. The number of hydrogen-bond acceptors (Lipinski definition) is 7. The van der Waals surface area contributed by atoms with Crippen molar-refractivity contribution in [2.45, 2.75) is 32.5 Å². The van der Waals surface area contributed by atoms with Crippen molar-refractivity contribution in [3.05, 3.63) is 83.9 Å². The molecule has 2 aromatic heterocycles. The van der Waals surface area contributed by atoms with Crippen molar-refractivity contribution in [3.63, 3.8) is 0 Å². The molecular formula is C28H33N5O4. The van der Waals surface area contributed by atoms with Crippen molar-refractivity contribution in [1.29, 1.82) is 0 Å². The van der Waals surface area contributed by atoms with Crippen LogP contribution in [0.25, 0.3) is 0 Å². The SMILES string of the molecule is C[C@H](CO)N1C[C@H](C)[C@@H](CN(C)Cc2ccncc2)Oc2c(NC(=O)c3ccncc3)cccc2C1=O. The lowest BCUT2D eigenvalue weighted by Gasteiger charge is -2.38. The molecule has 0 saturated heterocycles. The van der Waals surface area contributed by atoms with Crippen molar-refractivity contribution in [1.82, 2.24) is 19.8 Å². The van der Waals surface area contributed by atoms with Crippen LogP contribution < -0.4 is 10.1 Å². The first kappa shape index (κ1) is 26.2. The Morgan fingerprint density at radius 3 is 2.51 bits per heavy atom. The van der Waals surface area contributed by atoms with Crippen molar-refractivity contribution in [2.24, 2.45) is 5.92 Å². The van der Waals surface area contributed by atoms with E-state index in [9.17, 15) is 14.7 Å². The maximum Gasteiger partial charge on any atom is 0.258 e. The van der Waals surface area contributed by atoms with Gasteiger partial charge in [0.2, 0.25) is 0 Å². The minimum Gasteiger partial charge on any atom is -0.486 e. The molecule has 3 heterocycles. The standard InChI is InChI=1S/C28H33N5O4/c1-19-15-33(20(2)18-34)28(36)23-5-4-6-24(31-27(35)22-9-13-30-14-10-22)26(23)37-25(19)17-32(3)16-21-7-11-29-12-8-21/h4-14,19-20,25,34H,15-18H2,1-3H3,(H,31,35)/t19-,20+,25+/m0/s1. The summed E-state index contributed by atoms with van der Waals surface area (Å²) in [6, 6.07) is 12.0. The fourth-order valence-corrected chi connectivity index (χ4v) is 4.43. The van der Waals surface area contributed by atoms with Crippen molar-refractivity contribution in [2.75, 3.05) is 32.1 Å². The number of para-hydroxylation sites is 1. The molecule has 3 aromatic rings. The fraction of sp³-hybridized carbons (Fsp3) is 0.357. The van der Waals surface area contributed by atoms with E-state index in [1.54, 1.807) is 60.0 Å². The van der Waals surface area contributed by atoms with E-state index in [0.717, 1.165) is 5.56 Å². The summed E-state index contributed by atoms with van der Waals surface area (Å²) in [6.07, 6.45) is 6.35. The number of rotatable bonds is 8. The first-order valence-corrected chi connectivity index (χ1v) is 12.4. The molecule has 2 N–H and O–H groups in total. The first-order chi connectivity index (χ1) is 17.9. The number of aliphatic hydroxyl groups excluding tert-OH is 1. The summed E-state index contributed by atoms with van der Waals surface area (Å²) in [5, 5.41) is 12.8. The number of nitrogens with one attached hydrogen (secondary N) is 1. The van der Waals surface area contributed by atoms with E-state index in [0.29, 0.717) is 42.2 Å². The van der Waals surface area contributed by atoms with Gasteiger partial charge in [0.05, 0.1) is 23.9 Å². The summed E-state index contributed by atoms with van der Waals surface area (Å²) in [7, 11) is 2.02. The second kappa shape index (κ2) is 11.9. The van der Waals surface area contributed by atoms with E-state index in [1.807, 2.05) is 33.0 Å². The number of aromatic nitrogens is 2. The summed E-state index contributed by atoms with van der Waals surface area (Å²) in [5.74, 6) is -0.283. The number of fused-ring (bicyclic) bond motifs is 1. The smallest absolute Gasteiger partial charge is 0.258 e. The average molecular weight is 504 g/mol. The normalized spacial score (nSPS) is 18.4. The van der Waals surface area contributed by atoms with Crippen molar-refractivity contribution < 1.29 is 19.4 Å². The molecule has 4 rings (SSSR count). The number of benzene rings is 1. The second-order valence-corrected chi connectivity index (χ2v) is 9.55. The zero-order valence-corrected chi connectivity index (χ0v) is 21.4. The molecule has 37 heavy (non-hydrogen) atoms. The Labute approximate surface area is 217 Å². The molecule has 9 heteroatoms. The summed E-state index contributed by atoms with van der Waals surface area (Å²) >= 11 is 0. The van der Waals surface area contributed by atoms with E-state index in [-0.39, 0.29) is 36.5 Å². The van der Waals surface area contributed by atoms with Crippen LogP contribution in [0.2, 0.25) is 0 Å². The third-order valence-corrected chi connectivity index (χ3v) is 6.58. The molecule has 0 unspecified atom stereocenters. The monoisotopic (exact) mass is 503 g/mol. The highest BCUT2D eigenvalue weighted by atomic mass is 16.5. The highest BCUT2D eigenvalue weighted by Gasteiger charge is 2.34. The van der Waals surface area contributed by atoms with E-state index < -0.39 is 0 Å². The Hall–Kier alpha value is -3.82. The van der Waals surface area contributed by atoms with Crippen LogP contribution in [0.3, 0.4) is 0 Å². The third-order valence-electron chi connectivity index (χ3n) is 6.58. The Balaban J connectivity index is 1.67. The molecule has 0 aliphatic carbocycles. The van der Waals surface area contributed by atoms with Gasteiger partial charge in [-0.1, -0.05) is 13.0 Å². The van der Waals surface area contributed by atoms with Crippen LogP contribution in [0.5, 0.6) is 5.75 Å². The quantitative estimate of drug-likeness (QED) is 0.486. The topological polar surface area (TPSA) is 108 Å². The number of amides is 2. The van der Waals surface area contributed by atoms with Gasteiger partial charge in [0.25, 0.3) is 11.8 Å². The molecule has 194 valence electrons. The van der Waals surface area contributed by atoms with Crippen molar-refractivity contribution in [3.8, 4) is 5.75 Å². The molecule has 0 spiro atoms. The first-order valence-electron chi connectivity index (χ1n) is 12.4. The molecular weight excluding hydrogens is 470 g/mol. The summed E-state index contributed by atoms with van der Waals surface area (Å²) < 4.78 is 6.57. The van der Waals surface area contributed by atoms with Crippen LogP contribution in [0.4, 0.5) is 5.69 Å². The Kier molecular flexibility index (Phi) is 8.47. The number of carbonyl (C=O) groups is 2. The lowest BCUT2D eigenvalue weighted by Crippen LogP contribution is -2.49. The minimum absolute atomic E-state index is 0.0463. The number of carbonyl (C=O) groups excluding carboxylic acids is 2. The van der Waals surface area contributed by atoms with Crippen LogP contribution in [0.15, 0.2) is 67.3 Å². The van der Waals surface area contributed by atoms with Gasteiger partial charge in [-0.3, -0.25) is 24.5 Å². The van der Waals surface area contributed by atoms with Gasteiger partial charge in [-0.15, -0.1) is 0 Å². The molecule has 9 nitrogen and oxygen atoms in total. The third kappa shape index (κ3) is 6.31. The molecule has 0 saturated carbocycles. The van der Waals surface area contributed by atoms with Gasteiger partial charge in [0, 0.05) is 55.9 Å². The van der Waals surface area contributed by atoms with Gasteiger partial charge in [-0.25, -0.2) is 0 Å². The number of aliphatic hydroxyl groups is 1. The minimum atomic E-state index is -0.369. The summed E-state index contributed by atoms with van der Waals surface area (Å²) in [5.41, 5.74) is 2.34.